The summed E-state index contributed by atoms with van der Waals surface area (Å²) in [6.07, 6.45) is 4.58. The van der Waals surface area contributed by atoms with E-state index in [0.717, 1.165) is 18.8 Å². The number of imidazole rings is 1. The third-order valence-corrected chi connectivity index (χ3v) is 5.42. The number of amides is 1. The lowest BCUT2D eigenvalue weighted by Crippen LogP contribution is -2.26. The lowest BCUT2D eigenvalue weighted by atomic mass is 9.79. The average molecular weight is 346 g/mol. The molecule has 25 heavy (non-hydrogen) atoms. The highest BCUT2D eigenvalue weighted by atomic mass is 19.1. The minimum absolute atomic E-state index is 0.0313. The van der Waals surface area contributed by atoms with Gasteiger partial charge in [-0.2, -0.15) is 0 Å². The van der Waals surface area contributed by atoms with Crippen LogP contribution in [0.1, 0.15) is 50.0 Å². The number of benzene rings is 1. The van der Waals surface area contributed by atoms with Gasteiger partial charge in [0.05, 0.1) is 18.0 Å². The van der Waals surface area contributed by atoms with E-state index in [9.17, 15) is 9.18 Å². The standard InChI is InChI=1S/C19H27FN4O/c1-11-4-6-12(7-5-11)17(21)19-22-14-9-8-13(10-15(25)24(2)3)16(20)18(14)23-19/h8-9,11-12,17H,4-7,10,21H2,1-3H3,(H,22,23). The molecular formula is C19H27FN4O. The molecule has 0 bridgehead atoms. The van der Waals surface area contributed by atoms with E-state index in [1.165, 1.54) is 17.7 Å². The Morgan fingerprint density at radius 2 is 2.04 bits per heavy atom. The molecule has 1 heterocycles. The Labute approximate surface area is 147 Å². The topological polar surface area (TPSA) is 75.0 Å². The Hall–Kier alpha value is -1.95. The van der Waals surface area contributed by atoms with Crippen LogP contribution in [-0.4, -0.2) is 34.9 Å². The first kappa shape index (κ1) is 17.9. The number of aromatic nitrogens is 2. The van der Waals surface area contributed by atoms with Gasteiger partial charge in [0.1, 0.15) is 11.3 Å². The number of halogens is 1. The number of fused-ring (bicyclic) bond motifs is 1. The third-order valence-electron chi connectivity index (χ3n) is 5.42. The molecular weight excluding hydrogens is 319 g/mol. The molecule has 0 saturated heterocycles. The second-order valence-electron chi connectivity index (χ2n) is 7.57. The van der Waals surface area contributed by atoms with Gasteiger partial charge in [0.25, 0.3) is 0 Å². The van der Waals surface area contributed by atoms with E-state index >= 15 is 0 Å². The van der Waals surface area contributed by atoms with Crippen molar-refractivity contribution in [1.82, 2.24) is 14.9 Å². The Kier molecular flexibility index (Phi) is 5.08. The van der Waals surface area contributed by atoms with Gasteiger partial charge in [0.2, 0.25) is 5.91 Å². The van der Waals surface area contributed by atoms with Crippen molar-refractivity contribution in [3.05, 3.63) is 29.3 Å². The minimum Gasteiger partial charge on any atom is -0.349 e. The Balaban J connectivity index is 1.84. The van der Waals surface area contributed by atoms with Crippen LogP contribution in [0.2, 0.25) is 0 Å². The summed E-state index contributed by atoms with van der Waals surface area (Å²) in [4.78, 5) is 20.9. The van der Waals surface area contributed by atoms with Gasteiger partial charge in [0.15, 0.2) is 5.82 Å². The Bertz CT molecular complexity index is 762. The fourth-order valence-electron chi connectivity index (χ4n) is 3.59. The Morgan fingerprint density at radius 3 is 2.68 bits per heavy atom. The molecule has 1 aromatic heterocycles. The second kappa shape index (κ2) is 7.12. The van der Waals surface area contributed by atoms with Crippen LogP contribution in [0.4, 0.5) is 4.39 Å². The molecule has 0 radical (unpaired) electrons. The van der Waals surface area contributed by atoms with E-state index in [1.54, 1.807) is 26.2 Å². The molecule has 0 aliphatic heterocycles. The summed E-state index contributed by atoms with van der Waals surface area (Å²) < 4.78 is 14.8. The molecule has 1 fully saturated rings. The van der Waals surface area contributed by atoms with Gasteiger partial charge in [-0.1, -0.05) is 25.8 Å². The highest BCUT2D eigenvalue weighted by Crippen LogP contribution is 2.35. The number of hydrogen-bond acceptors (Lipinski definition) is 3. The predicted octanol–water partition coefficient (Wildman–Crippen LogP) is 3.16. The molecule has 1 aliphatic rings. The zero-order valence-corrected chi connectivity index (χ0v) is 15.2. The molecule has 1 saturated carbocycles. The van der Waals surface area contributed by atoms with Crippen LogP contribution in [-0.2, 0) is 11.2 Å². The quantitative estimate of drug-likeness (QED) is 0.893. The summed E-state index contributed by atoms with van der Waals surface area (Å²) in [6, 6.07) is 3.23. The normalized spacial score (nSPS) is 22.1. The molecule has 3 rings (SSSR count). The molecule has 1 aliphatic carbocycles. The van der Waals surface area contributed by atoms with Crippen LogP contribution in [0, 0.1) is 17.7 Å². The maximum absolute atomic E-state index is 14.8. The molecule has 2 aromatic rings. The van der Waals surface area contributed by atoms with Gasteiger partial charge >= 0.3 is 0 Å². The first-order chi connectivity index (χ1) is 11.9. The van der Waals surface area contributed by atoms with Crippen molar-refractivity contribution in [2.45, 2.75) is 45.1 Å². The van der Waals surface area contributed by atoms with E-state index in [1.807, 2.05) is 0 Å². The second-order valence-corrected chi connectivity index (χ2v) is 7.57. The molecule has 1 atom stereocenters. The van der Waals surface area contributed by atoms with Crippen LogP contribution >= 0.6 is 0 Å². The summed E-state index contributed by atoms with van der Waals surface area (Å²) in [5.74, 6) is 1.22. The smallest absolute Gasteiger partial charge is 0.226 e. The SMILES string of the molecule is CC1CCC(C(N)c2nc3c(F)c(CC(=O)N(C)C)ccc3[nH]2)CC1. The van der Waals surface area contributed by atoms with Gasteiger partial charge < -0.3 is 15.6 Å². The minimum atomic E-state index is -0.431. The fraction of sp³-hybridized carbons (Fsp3) is 0.579. The number of carbonyl (C=O) groups excluding carboxylic acids is 1. The summed E-state index contributed by atoms with van der Waals surface area (Å²) in [7, 11) is 3.32. The average Bonchev–Trinajstić information content (AvgIpc) is 3.02. The maximum Gasteiger partial charge on any atom is 0.226 e. The largest absolute Gasteiger partial charge is 0.349 e. The molecule has 136 valence electrons. The maximum atomic E-state index is 14.8. The highest BCUT2D eigenvalue weighted by Gasteiger charge is 2.27. The lowest BCUT2D eigenvalue weighted by Gasteiger charge is -2.29. The number of nitrogens with zero attached hydrogens (tertiary/aromatic N) is 2. The van der Waals surface area contributed by atoms with Crippen LogP contribution in [0.15, 0.2) is 12.1 Å². The van der Waals surface area contributed by atoms with Gasteiger partial charge in [-0.05, 0) is 36.3 Å². The zero-order valence-electron chi connectivity index (χ0n) is 15.2. The number of carbonyl (C=O) groups is 1. The summed E-state index contributed by atoms with van der Waals surface area (Å²) in [5.41, 5.74) is 7.68. The molecule has 1 amide bonds. The molecule has 3 N–H and O–H groups in total. The summed E-state index contributed by atoms with van der Waals surface area (Å²) in [5, 5.41) is 0. The first-order valence-corrected chi connectivity index (χ1v) is 8.99. The number of hydrogen-bond donors (Lipinski definition) is 2. The Morgan fingerprint density at radius 1 is 1.36 bits per heavy atom. The molecule has 0 spiro atoms. The van der Waals surface area contributed by atoms with Crippen LogP contribution in [0.25, 0.3) is 11.0 Å². The highest BCUT2D eigenvalue weighted by molar-refractivity contribution is 5.82. The number of H-pyrrole nitrogens is 1. The number of rotatable bonds is 4. The first-order valence-electron chi connectivity index (χ1n) is 8.99. The number of nitrogens with two attached hydrogens (primary N) is 1. The monoisotopic (exact) mass is 346 g/mol. The summed E-state index contributed by atoms with van der Waals surface area (Å²) >= 11 is 0. The van der Waals surface area contributed by atoms with Crippen molar-refractivity contribution >= 4 is 16.9 Å². The van der Waals surface area contributed by atoms with Gasteiger partial charge in [-0.15, -0.1) is 0 Å². The molecule has 6 heteroatoms. The van der Waals surface area contributed by atoms with E-state index in [-0.39, 0.29) is 23.9 Å². The van der Waals surface area contributed by atoms with E-state index < -0.39 is 5.82 Å². The lowest BCUT2D eigenvalue weighted by molar-refractivity contribution is -0.128. The van der Waals surface area contributed by atoms with E-state index in [0.29, 0.717) is 22.8 Å². The van der Waals surface area contributed by atoms with Gasteiger partial charge in [-0.3, -0.25) is 4.79 Å². The van der Waals surface area contributed by atoms with Crippen molar-refractivity contribution in [3.8, 4) is 0 Å². The molecule has 1 unspecified atom stereocenters. The van der Waals surface area contributed by atoms with Crippen molar-refractivity contribution in [3.63, 3.8) is 0 Å². The zero-order chi connectivity index (χ0) is 18.1. The van der Waals surface area contributed by atoms with Gasteiger partial charge in [-0.25, -0.2) is 9.37 Å². The van der Waals surface area contributed by atoms with Crippen molar-refractivity contribution in [2.75, 3.05) is 14.1 Å². The van der Waals surface area contributed by atoms with Crippen LogP contribution in [0.3, 0.4) is 0 Å². The van der Waals surface area contributed by atoms with Crippen molar-refractivity contribution in [1.29, 1.82) is 0 Å². The third kappa shape index (κ3) is 3.68. The van der Waals surface area contributed by atoms with Crippen molar-refractivity contribution < 1.29 is 9.18 Å². The van der Waals surface area contributed by atoms with Crippen molar-refractivity contribution in [2.24, 2.45) is 17.6 Å². The van der Waals surface area contributed by atoms with Crippen LogP contribution < -0.4 is 5.73 Å². The van der Waals surface area contributed by atoms with E-state index in [4.69, 9.17) is 5.73 Å². The summed E-state index contributed by atoms with van der Waals surface area (Å²) in [6.45, 7) is 2.27. The van der Waals surface area contributed by atoms with Gasteiger partial charge in [0, 0.05) is 14.1 Å². The predicted molar refractivity (Wildman–Crippen MR) is 96.5 cm³/mol. The number of nitrogens with one attached hydrogen (secondary N) is 1. The van der Waals surface area contributed by atoms with E-state index in [2.05, 4.69) is 16.9 Å². The fourth-order valence-corrected chi connectivity index (χ4v) is 3.59. The molecule has 5 nitrogen and oxygen atoms in total. The molecule has 1 aromatic carbocycles. The number of aromatic amines is 1. The number of likely N-dealkylation sites (N-methyl/N-ethyl adjacent to an activating group) is 1. The van der Waals surface area contributed by atoms with Crippen LogP contribution in [0.5, 0.6) is 0 Å².